The predicted octanol–water partition coefficient (Wildman–Crippen LogP) is 1.63. The molecule has 0 saturated carbocycles. The molecule has 30 heavy (non-hydrogen) atoms. The molecule has 1 aromatic heterocycles. The van der Waals surface area contributed by atoms with Crippen molar-refractivity contribution in [3.05, 3.63) is 58.5 Å². The molecule has 0 atom stereocenters. The second-order valence-electron chi connectivity index (χ2n) is 6.84. The highest BCUT2D eigenvalue weighted by molar-refractivity contribution is 7.90. The van der Waals surface area contributed by atoms with Gasteiger partial charge >= 0.3 is 5.69 Å². The summed E-state index contributed by atoms with van der Waals surface area (Å²) in [5.74, 6) is -1.38. The Labute approximate surface area is 172 Å². The number of carbonyl (C=O) groups is 2. The fourth-order valence-corrected chi connectivity index (χ4v) is 5.25. The molecule has 2 heterocycles. The van der Waals surface area contributed by atoms with E-state index in [1.807, 2.05) is 13.8 Å². The van der Waals surface area contributed by atoms with E-state index in [2.05, 4.69) is 5.32 Å². The van der Waals surface area contributed by atoms with E-state index >= 15 is 0 Å². The number of carbonyl (C=O) groups excluding carboxylic acids is 2. The summed E-state index contributed by atoms with van der Waals surface area (Å²) in [4.78, 5) is 37.3. The molecule has 10 heteroatoms. The largest absolute Gasteiger partial charge is 0.329 e. The molecular formula is C20H20N4O5S. The molecule has 0 radical (unpaired) electrons. The predicted molar refractivity (Wildman–Crippen MR) is 111 cm³/mol. The van der Waals surface area contributed by atoms with Gasteiger partial charge in [0.2, 0.25) is 5.91 Å². The molecule has 1 aliphatic rings. The minimum Gasteiger partial charge on any atom is -0.324 e. The molecule has 1 N–H and O–H groups in total. The van der Waals surface area contributed by atoms with Gasteiger partial charge in [0.15, 0.2) is 0 Å². The molecule has 9 nitrogen and oxygen atoms in total. The van der Waals surface area contributed by atoms with Gasteiger partial charge < -0.3 is 5.32 Å². The average Bonchev–Trinajstić information content (AvgIpc) is 3.10. The van der Waals surface area contributed by atoms with E-state index in [0.717, 1.165) is 5.52 Å². The van der Waals surface area contributed by atoms with Crippen molar-refractivity contribution >= 4 is 38.6 Å². The molecule has 0 unspecified atom stereocenters. The van der Waals surface area contributed by atoms with Crippen molar-refractivity contribution in [1.82, 2.24) is 13.4 Å². The Hall–Kier alpha value is -3.40. The number of nitrogens with one attached hydrogen (secondary N) is 1. The fraction of sp³-hybridized carbons (Fsp3) is 0.250. The van der Waals surface area contributed by atoms with Gasteiger partial charge in [-0.25, -0.2) is 17.5 Å². The van der Waals surface area contributed by atoms with Gasteiger partial charge in [0.25, 0.3) is 15.9 Å². The van der Waals surface area contributed by atoms with Gasteiger partial charge in [-0.3, -0.25) is 18.7 Å². The van der Waals surface area contributed by atoms with Crippen molar-refractivity contribution in [1.29, 1.82) is 0 Å². The summed E-state index contributed by atoms with van der Waals surface area (Å²) in [7, 11) is -4.06. The number of fused-ring (bicyclic) bond motifs is 2. The van der Waals surface area contributed by atoms with Crippen LogP contribution in [0.4, 0.5) is 5.69 Å². The number of nitrogens with zero attached hydrogens (tertiary/aromatic N) is 3. The Morgan fingerprint density at radius 3 is 2.30 bits per heavy atom. The lowest BCUT2D eigenvalue weighted by Crippen LogP contribution is -2.37. The summed E-state index contributed by atoms with van der Waals surface area (Å²) in [6, 6.07) is 10.9. The second-order valence-corrected chi connectivity index (χ2v) is 8.67. The lowest BCUT2D eigenvalue weighted by atomic mass is 10.2. The number of rotatable bonds is 5. The first-order valence-corrected chi connectivity index (χ1v) is 10.9. The lowest BCUT2D eigenvalue weighted by Gasteiger charge is -2.15. The van der Waals surface area contributed by atoms with E-state index in [1.165, 1.54) is 18.2 Å². The molecule has 4 rings (SSSR count). The molecule has 0 bridgehead atoms. The van der Waals surface area contributed by atoms with Crippen LogP contribution < -0.4 is 11.0 Å². The van der Waals surface area contributed by atoms with Crippen molar-refractivity contribution in [2.45, 2.75) is 31.8 Å². The van der Waals surface area contributed by atoms with Gasteiger partial charge in [-0.15, -0.1) is 0 Å². The zero-order valence-corrected chi connectivity index (χ0v) is 17.3. The van der Waals surface area contributed by atoms with Crippen molar-refractivity contribution < 1.29 is 18.0 Å². The van der Waals surface area contributed by atoms with Gasteiger partial charge in [-0.2, -0.15) is 0 Å². The number of hydrogen-bond acceptors (Lipinski definition) is 5. The monoisotopic (exact) mass is 428 g/mol. The van der Waals surface area contributed by atoms with Crippen molar-refractivity contribution in [3.8, 4) is 0 Å². The van der Waals surface area contributed by atoms with E-state index in [4.69, 9.17) is 0 Å². The quantitative estimate of drug-likeness (QED) is 0.664. The molecule has 0 spiro atoms. The Balaban J connectivity index is 1.60. The summed E-state index contributed by atoms with van der Waals surface area (Å²) in [6.45, 7) is 4.09. The van der Waals surface area contributed by atoms with Crippen LogP contribution in [-0.4, -0.2) is 40.2 Å². The third-order valence-electron chi connectivity index (χ3n) is 5.13. The van der Waals surface area contributed by atoms with E-state index < -0.39 is 28.4 Å². The molecule has 3 aromatic rings. The Morgan fingerprint density at radius 1 is 0.967 bits per heavy atom. The third-order valence-corrected chi connectivity index (χ3v) is 6.92. The maximum atomic E-state index is 12.6. The zero-order chi connectivity index (χ0) is 21.6. The first-order valence-electron chi connectivity index (χ1n) is 9.48. The second kappa shape index (κ2) is 7.13. The number of hydrogen-bond donors (Lipinski definition) is 1. The minimum absolute atomic E-state index is 0.0552. The summed E-state index contributed by atoms with van der Waals surface area (Å²) in [6.07, 6.45) is 0. The molecule has 156 valence electrons. The van der Waals surface area contributed by atoms with Crippen LogP contribution >= 0.6 is 0 Å². The third kappa shape index (κ3) is 2.91. The maximum Gasteiger partial charge on any atom is 0.329 e. The topological polar surface area (TPSA) is 110 Å². The SMILES string of the molecule is CCn1c(=O)n(CC)c2cc(NC(=O)CN3C(=O)c4ccccc4S3(=O)=O)ccc21. The Bertz CT molecular complexity index is 1350. The Morgan fingerprint density at radius 2 is 1.63 bits per heavy atom. The van der Waals surface area contributed by atoms with Crippen LogP contribution in [0.25, 0.3) is 11.0 Å². The van der Waals surface area contributed by atoms with Crippen LogP contribution in [0.1, 0.15) is 24.2 Å². The van der Waals surface area contributed by atoms with Crippen molar-refractivity contribution in [3.63, 3.8) is 0 Å². The first kappa shape index (κ1) is 19.9. The van der Waals surface area contributed by atoms with Gasteiger partial charge in [0.1, 0.15) is 11.4 Å². The number of imidazole rings is 1. The highest BCUT2D eigenvalue weighted by Gasteiger charge is 2.41. The van der Waals surface area contributed by atoms with E-state index in [0.29, 0.717) is 28.6 Å². The molecular weight excluding hydrogens is 408 g/mol. The number of anilines is 1. The summed E-state index contributed by atoms with van der Waals surface area (Å²) >= 11 is 0. The van der Waals surface area contributed by atoms with Crippen molar-refractivity contribution in [2.24, 2.45) is 0 Å². The van der Waals surface area contributed by atoms with Crippen LogP contribution in [0.15, 0.2) is 52.2 Å². The van der Waals surface area contributed by atoms with E-state index in [-0.39, 0.29) is 16.1 Å². The number of aryl methyl sites for hydroxylation is 2. The highest BCUT2D eigenvalue weighted by atomic mass is 32.2. The van der Waals surface area contributed by atoms with E-state index in [9.17, 15) is 22.8 Å². The molecule has 0 aliphatic carbocycles. The molecule has 0 saturated heterocycles. The standard InChI is InChI=1S/C20H20N4O5S/c1-3-22-15-10-9-13(11-16(15)23(4-2)20(22)27)21-18(25)12-24-19(26)14-7-5-6-8-17(14)30(24,28)29/h5-11H,3-4,12H2,1-2H3,(H,21,25). The van der Waals surface area contributed by atoms with Crippen LogP contribution in [0.5, 0.6) is 0 Å². The average molecular weight is 428 g/mol. The van der Waals surface area contributed by atoms with Crippen LogP contribution in [0.3, 0.4) is 0 Å². The Kier molecular flexibility index (Phi) is 4.73. The highest BCUT2D eigenvalue weighted by Crippen LogP contribution is 2.29. The van der Waals surface area contributed by atoms with Crippen molar-refractivity contribution in [2.75, 3.05) is 11.9 Å². The van der Waals surface area contributed by atoms with Gasteiger partial charge in [0, 0.05) is 18.8 Å². The minimum atomic E-state index is -4.06. The maximum absolute atomic E-state index is 12.6. The summed E-state index contributed by atoms with van der Waals surface area (Å²) in [5, 5.41) is 2.62. The first-order chi connectivity index (χ1) is 14.3. The summed E-state index contributed by atoms with van der Waals surface area (Å²) < 4.78 is 29.0. The van der Waals surface area contributed by atoms with Gasteiger partial charge in [0.05, 0.1) is 16.6 Å². The number of benzene rings is 2. The molecule has 2 aromatic carbocycles. The molecule has 0 fully saturated rings. The number of sulfonamides is 1. The molecule has 1 aliphatic heterocycles. The zero-order valence-electron chi connectivity index (χ0n) is 16.5. The number of amides is 2. The van der Waals surface area contributed by atoms with E-state index in [1.54, 1.807) is 33.4 Å². The smallest absolute Gasteiger partial charge is 0.324 e. The lowest BCUT2D eigenvalue weighted by molar-refractivity contribution is -0.116. The fourth-order valence-electron chi connectivity index (χ4n) is 3.73. The van der Waals surface area contributed by atoms with Gasteiger partial charge in [-0.1, -0.05) is 12.1 Å². The molecule has 2 amide bonds. The van der Waals surface area contributed by atoms with Gasteiger partial charge in [-0.05, 0) is 44.2 Å². The van der Waals surface area contributed by atoms with Crippen LogP contribution in [-0.2, 0) is 27.9 Å². The summed E-state index contributed by atoms with van der Waals surface area (Å²) in [5.41, 5.74) is 1.74. The van der Waals surface area contributed by atoms with Crippen LogP contribution in [0.2, 0.25) is 0 Å². The van der Waals surface area contributed by atoms with Crippen LogP contribution in [0, 0.1) is 0 Å². The number of aromatic nitrogens is 2. The normalized spacial score (nSPS) is 14.9.